The van der Waals surface area contributed by atoms with Crippen LogP contribution in [0.4, 0.5) is 0 Å². The molecule has 3 saturated heterocycles. The van der Waals surface area contributed by atoms with Crippen molar-refractivity contribution in [3.05, 3.63) is 23.8 Å². The van der Waals surface area contributed by atoms with Crippen LogP contribution in [-0.4, -0.2) is 78.2 Å². The van der Waals surface area contributed by atoms with Crippen LogP contribution in [0.15, 0.2) is 23.8 Å². The third-order valence-electron chi connectivity index (χ3n) is 10.3. The van der Waals surface area contributed by atoms with E-state index in [-0.39, 0.29) is 11.3 Å². The van der Waals surface area contributed by atoms with Crippen molar-refractivity contribution in [3.63, 3.8) is 0 Å². The highest BCUT2D eigenvalue weighted by molar-refractivity contribution is 5.43. The highest BCUT2D eigenvalue weighted by Crippen LogP contribution is 2.74. The van der Waals surface area contributed by atoms with Gasteiger partial charge in [-0.15, -0.1) is 0 Å². The average molecular weight is 432 g/mol. The van der Waals surface area contributed by atoms with Crippen LogP contribution in [0.5, 0.6) is 0 Å². The van der Waals surface area contributed by atoms with Crippen LogP contribution in [-0.2, 0) is 14.2 Å². The largest absolute Gasteiger partial charge is 0.390 e. The first-order valence-electron chi connectivity index (χ1n) is 12.0. The van der Waals surface area contributed by atoms with E-state index in [4.69, 9.17) is 14.2 Å². The number of methoxy groups -OCH3 is 1. The maximum absolute atomic E-state index is 12.1. The lowest BCUT2D eigenvalue weighted by atomic mass is 9.40. The zero-order valence-corrected chi connectivity index (χ0v) is 19.3. The third-order valence-corrected chi connectivity index (χ3v) is 10.3. The molecule has 31 heavy (non-hydrogen) atoms. The minimum absolute atomic E-state index is 0.0980. The second-order valence-electron chi connectivity index (χ2n) is 11.4. The van der Waals surface area contributed by atoms with Crippen molar-refractivity contribution < 1.29 is 24.4 Å². The lowest BCUT2D eigenvalue weighted by molar-refractivity contribution is -0.434. The predicted octanol–water partition coefficient (Wildman–Crippen LogP) is 2.25. The number of fused-ring (bicyclic) bond motifs is 1. The topological polar surface area (TPSA) is 71.4 Å². The maximum Gasteiger partial charge on any atom is 0.169 e. The summed E-state index contributed by atoms with van der Waals surface area (Å²) in [6.45, 7) is 6.44. The average Bonchev–Trinajstić information content (AvgIpc) is 2.94. The number of likely N-dealkylation sites (N-methyl/N-ethyl adjacent to an activating group) is 1. The summed E-state index contributed by atoms with van der Waals surface area (Å²) in [7, 11) is 3.87. The van der Waals surface area contributed by atoms with Gasteiger partial charge in [-0.05, 0) is 44.7 Å². The van der Waals surface area contributed by atoms with Crippen LogP contribution in [0.25, 0.3) is 0 Å². The zero-order valence-electron chi connectivity index (χ0n) is 19.3. The van der Waals surface area contributed by atoms with Gasteiger partial charge in [0.05, 0.1) is 24.4 Å². The third kappa shape index (κ3) is 2.16. The van der Waals surface area contributed by atoms with Gasteiger partial charge in [0.25, 0.3) is 0 Å². The second-order valence-corrected chi connectivity index (χ2v) is 11.4. The van der Waals surface area contributed by atoms with E-state index in [0.29, 0.717) is 18.9 Å². The molecular formula is C25H37NO5. The number of aliphatic hydroxyl groups excluding tert-OH is 2. The lowest BCUT2D eigenvalue weighted by Crippen LogP contribution is -2.82. The fraction of sp³-hybridized carbons (Fsp3) is 0.840. The van der Waals surface area contributed by atoms with E-state index in [0.717, 1.165) is 44.3 Å². The molecule has 9 unspecified atom stereocenters. The summed E-state index contributed by atoms with van der Waals surface area (Å²) in [5.41, 5.74) is -0.844. The molecule has 7 rings (SSSR count). The molecule has 9 atom stereocenters. The molecule has 3 aliphatic heterocycles. The van der Waals surface area contributed by atoms with Crippen molar-refractivity contribution in [2.45, 2.75) is 75.1 Å². The van der Waals surface area contributed by atoms with Crippen LogP contribution in [0, 0.1) is 22.7 Å². The van der Waals surface area contributed by atoms with Crippen molar-refractivity contribution in [1.82, 2.24) is 4.90 Å². The predicted molar refractivity (Wildman–Crippen MR) is 115 cm³/mol. The molecule has 1 spiro atoms. The minimum Gasteiger partial charge on any atom is -0.390 e. The van der Waals surface area contributed by atoms with Crippen molar-refractivity contribution in [3.8, 4) is 0 Å². The van der Waals surface area contributed by atoms with Gasteiger partial charge in [-0.1, -0.05) is 25.2 Å². The molecule has 0 aromatic carbocycles. The highest BCUT2D eigenvalue weighted by atomic mass is 16.7. The van der Waals surface area contributed by atoms with E-state index >= 15 is 0 Å². The standard InChI is InChI=1S/C25H37NO5/c1-16(27)18-7-8-24-19-6-5-17-13-23(29-4)10-9-21(17,2)25(19,31-23)20(28)14-22(18,24)15-26(3)11-12-30-24/h5-7,16-17,19-20,27-28H,8-15H2,1-4H3. The Kier molecular flexibility index (Phi) is 4.18. The molecule has 0 aromatic rings. The van der Waals surface area contributed by atoms with Gasteiger partial charge < -0.3 is 29.3 Å². The number of hydrogen-bond donors (Lipinski definition) is 2. The summed E-state index contributed by atoms with van der Waals surface area (Å²) in [6, 6.07) is 0. The van der Waals surface area contributed by atoms with E-state index in [9.17, 15) is 10.2 Å². The first-order valence-corrected chi connectivity index (χ1v) is 12.0. The number of nitrogens with zero attached hydrogens (tertiary/aromatic N) is 1. The summed E-state index contributed by atoms with van der Waals surface area (Å²) in [6.07, 6.45) is 9.62. The highest BCUT2D eigenvalue weighted by Gasteiger charge is 2.80. The summed E-state index contributed by atoms with van der Waals surface area (Å²) >= 11 is 0. The van der Waals surface area contributed by atoms with Crippen LogP contribution in [0.3, 0.4) is 0 Å². The molecule has 6 nitrogen and oxygen atoms in total. The number of allylic oxidation sites excluding steroid dienone is 1. The molecule has 0 radical (unpaired) electrons. The summed E-state index contributed by atoms with van der Waals surface area (Å²) in [5, 5.41) is 22.9. The molecule has 172 valence electrons. The maximum atomic E-state index is 12.1. The Bertz CT molecular complexity index is 857. The normalized spacial score (nSPS) is 56.3. The van der Waals surface area contributed by atoms with Crippen molar-refractivity contribution in [2.75, 3.05) is 33.9 Å². The number of ether oxygens (including phenoxy) is 3. The molecule has 5 fully saturated rings. The Labute approximate surface area is 185 Å². The first kappa shape index (κ1) is 20.8. The fourth-order valence-corrected chi connectivity index (χ4v) is 8.94. The van der Waals surface area contributed by atoms with Crippen LogP contribution in [0.2, 0.25) is 0 Å². The Hall–Kier alpha value is -0.760. The molecule has 4 aliphatic carbocycles. The SMILES string of the molecule is COC12CCC3(C)C(C=CC4C56CC=C(C(C)O)C5(CC(O)C43O1)CN(C)CCO6)C2. The summed E-state index contributed by atoms with van der Waals surface area (Å²) in [4.78, 5) is 2.30. The summed E-state index contributed by atoms with van der Waals surface area (Å²) < 4.78 is 19.9. The summed E-state index contributed by atoms with van der Waals surface area (Å²) in [5.74, 6) is -0.410. The zero-order chi connectivity index (χ0) is 21.9. The quantitative estimate of drug-likeness (QED) is 0.654. The van der Waals surface area contributed by atoms with Crippen LogP contribution < -0.4 is 0 Å². The molecule has 7 aliphatic rings. The smallest absolute Gasteiger partial charge is 0.169 e. The molecule has 0 aromatic heterocycles. The van der Waals surface area contributed by atoms with E-state index in [2.05, 4.69) is 37.1 Å². The van der Waals surface area contributed by atoms with Gasteiger partial charge >= 0.3 is 0 Å². The minimum atomic E-state index is -0.743. The van der Waals surface area contributed by atoms with E-state index in [1.807, 2.05) is 6.92 Å². The second kappa shape index (κ2) is 6.22. The Morgan fingerprint density at radius 3 is 2.81 bits per heavy atom. The van der Waals surface area contributed by atoms with E-state index < -0.39 is 34.6 Å². The number of rotatable bonds is 2. The lowest BCUT2D eigenvalue weighted by Gasteiger charge is -2.74. The van der Waals surface area contributed by atoms with Gasteiger partial charge in [0.2, 0.25) is 0 Å². The fourth-order valence-electron chi connectivity index (χ4n) is 8.94. The first-order chi connectivity index (χ1) is 14.7. The van der Waals surface area contributed by atoms with Gasteiger partial charge in [-0.25, -0.2) is 0 Å². The monoisotopic (exact) mass is 431 g/mol. The molecule has 6 heteroatoms. The Morgan fingerprint density at radius 1 is 1.26 bits per heavy atom. The number of aliphatic hydroxyl groups is 2. The molecule has 0 amide bonds. The number of hydrogen-bond acceptors (Lipinski definition) is 6. The van der Waals surface area contributed by atoms with Gasteiger partial charge in [0, 0.05) is 49.8 Å². The molecule has 2 saturated carbocycles. The van der Waals surface area contributed by atoms with E-state index in [1.165, 1.54) is 0 Å². The van der Waals surface area contributed by atoms with Gasteiger partial charge in [0.15, 0.2) is 5.79 Å². The van der Waals surface area contributed by atoms with Crippen molar-refractivity contribution in [1.29, 1.82) is 0 Å². The molecule has 2 N–H and O–H groups in total. The van der Waals surface area contributed by atoms with E-state index in [1.54, 1.807) is 7.11 Å². The molecule has 3 heterocycles. The van der Waals surface area contributed by atoms with Crippen LogP contribution >= 0.6 is 0 Å². The molecular weight excluding hydrogens is 394 g/mol. The Balaban J connectivity index is 1.58. The van der Waals surface area contributed by atoms with Crippen molar-refractivity contribution in [2.24, 2.45) is 22.7 Å². The van der Waals surface area contributed by atoms with Crippen molar-refractivity contribution >= 4 is 0 Å². The van der Waals surface area contributed by atoms with Gasteiger partial charge in [0.1, 0.15) is 5.60 Å². The van der Waals surface area contributed by atoms with Gasteiger partial charge in [-0.3, -0.25) is 0 Å². The Morgan fingerprint density at radius 2 is 2.06 bits per heavy atom. The van der Waals surface area contributed by atoms with Crippen LogP contribution in [0.1, 0.15) is 46.0 Å². The van der Waals surface area contributed by atoms with Gasteiger partial charge in [-0.2, -0.15) is 0 Å². The molecule has 4 bridgehead atoms.